The Balaban J connectivity index is 1.78. The summed E-state index contributed by atoms with van der Waals surface area (Å²) in [5, 5.41) is 61.8. The standard InChI is InChI=1S/C25H51N7O8/c1-25(37)11-38-24(20(36)23(25)30-2)40-22-17(32-8-13(34)6-26)5-16(29)18(19(22)35)21-15(28)4-3-14(39-21)9-31-7-12(27)10-33/h3,12-13,15-24,30-37H,4-11,26-29H2,1-2H3/t12?,13?,15-,16+,17-,18?,19+,20-,21+,22+,23-,24-,25+/m1/s1. The van der Waals surface area contributed by atoms with Crippen molar-refractivity contribution in [2.75, 3.05) is 46.4 Å². The summed E-state index contributed by atoms with van der Waals surface area (Å²) in [7, 11) is 1.62. The summed E-state index contributed by atoms with van der Waals surface area (Å²) < 4.78 is 18.2. The molecule has 2 heterocycles. The zero-order valence-corrected chi connectivity index (χ0v) is 23.4. The predicted molar refractivity (Wildman–Crippen MR) is 147 cm³/mol. The van der Waals surface area contributed by atoms with E-state index in [2.05, 4.69) is 16.0 Å². The first-order valence-corrected chi connectivity index (χ1v) is 14.0. The summed E-state index contributed by atoms with van der Waals surface area (Å²) in [4.78, 5) is 0. The minimum absolute atomic E-state index is 0.0446. The lowest BCUT2D eigenvalue weighted by Crippen LogP contribution is -2.69. The van der Waals surface area contributed by atoms with Gasteiger partial charge in [0.25, 0.3) is 0 Å². The SMILES string of the molecule is CN[C@@H]1[C@@H](O)[C@@H](O[C@H]2[C@H](NCC(O)CN)C[C@H](N)C([C@H]3OC(CNCC(N)CO)=CC[C@H]3N)[C@@H]2O)OC[C@]1(C)O. The normalized spacial score (nSPS) is 42.1. The third-order valence-corrected chi connectivity index (χ3v) is 8.11. The van der Waals surface area contributed by atoms with E-state index in [0.717, 1.165) is 0 Å². The van der Waals surface area contributed by atoms with Gasteiger partial charge >= 0.3 is 0 Å². The Kier molecular flexibility index (Phi) is 12.5. The fourth-order valence-corrected chi connectivity index (χ4v) is 5.83. The number of nitrogens with one attached hydrogen (secondary N) is 3. The van der Waals surface area contributed by atoms with Crippen molar-refractivity contribution in [3.05, 3.63) is 11.8 Å². The molecule has 1 saturated carbocycles. The monoisotopic (exact) mass is 577 g/mol. The number of hydrogen-bond acceptors (Lipinski definition) is 15. The molecular weight excluding hydrogens is 526 g/mol. The molecule has 234 valence electrons. The highest BCUT2D eigenvalue weighted by Gasteiger charge is 2.53. The van der Waals surface area contributed by atoms with Gasteiger partial charge in [0.1, 0.15) is 29.7 Å². The maximum atomic E-state index is 11.7. The second-order valence-electron chi connectivity index (χ2n) is 11.5. The number of aliphatic hydroxyl groups is 5. The summed E-state index contributed by atoms with van der Waals surface area (Å²) >= 11 is 0. The molecule has 16 N–H and O–H groups in total. The topological polar surface area (TPSA) is 269 Å². The highest BCUT2D eigenvalue weighted by atomic mass is 16.7. The van der Waals surface area contributed by atoms with Crippen LogP contribution in [0.2, 0.25) is 0 Å². The molecule has 0 amide bonds. The van der Waals surface area contributed by atoms with Crippen LogP contribution in [0.1, 0.15) is 19.8 Å². The van der Waals surface area contributed by atoms with Crippen LogP contribution in [0, 0.1) is 5.92 Å². The van der Waals surface area contributed by atoms with Gasteiger partial charge < -0.3 is 78.6 Å². The van der Waals surface area contributed by atoms with Crippen LogP contribution in [0.4, 0.5) is 0 Å². The maximum Gasteiger partial charge on any atom is 0.185 e. The Hall–Kier alpha value is -1.02. The fourth-order valence-electron chi connectivity index (χ4n) is 5.83. The summed E-state index contributed by atoms with van der Waals surface area (Å²) in [5.74, 6) is -0.00465. The Morgan fingerprint density at radius 2 is 1.93 bits per heavy atom. The van der Waals surface area contributed by atoms with Crippen molar-refractivity contribution in [1.82, 2.24) is 16.0 Å². The van der Waals surface area contributed by atoms with Crippen LogP contribution in [0.15, 0.2) is 11.8 Å². The van der Waals surface area contributed by atoms with Crippen LogP contribution < -0.4 is 38.9 Å². The molecule has 0 spiro atoms. The quantitative estimate of drug-likeness (QED) is 0.0972. The molecular formula is C25H51N7O8. The molecule has 0 radical (unpaired) electrons. The highest BCUT2D eigenvalue weighted by Crippen LogP contribution is 2.36. The summed E-state index contributed by atoms with van der Waals surface area (Å²) in [5.41, 5.74) is 23.1. The molecule has 3 rings (SSSR count). The van der Waals surface area contributed by atoms with Crippen LogP contribution in [0.3, 0.4) is 0 Å². The van der Waals surface area contributed by atoms with Gasteiger partial charge in [-0.2, -0.15) is 0 Å². The molecule has 0 aromatic rings. The van der Waals surface area contributed by atoms with Crippen molar-refractivity contribution < 1.29 is 39.7 Å². The number of rotatable bonds is 13. The molecule has 40 heavy (non-hydrogen) atoms. The largest absolute Gasteiger partial charge is 0.492 e. The average molecular weight is 578 g/mol. The molecule has 1 aliphatic carbocycles. The van der Waals surface area contributed by atoms with E-state index in [4.69, 9.17) is 42.3 Å². The van der Waals surface area contributed by atoms with E-state index < -0.39 is 78.5 Å². The van der Waals surface area contributed by atoms with Crippen molar-refractivity contribution in [2.45, 2.75) is 92.4 Å². The summed E-state index contributed by atoms with van der Waals surface area (Å²) in [6, 6.07) is -2.66. The van der Waals surface area contributed by atoms with Gasteiger partial charge in [-0.3, -0.25) is 0 Å². The van der Waals surface area contributed by atoms with Crippen LogP contribution in [0.5, 0.6) is 0 Å². The number of hydrogen-bond donors (Lipinski definition) is 12. The molecule has 3 unspecified atom stereocenters. The number of ether oxygens (including phenoxy) is 3. The minimum atomic E-state index is -1.34. The first kappa shape index (κ1) is 33.5. The zero-order chi connectivity index (χ0) is 29.6. The van der Waals surface area contributed by atoms with Gasteiger partial charge in [0, 0.05) is 49.7 Å². The molecule has 0 bridgehead atoms. The Bertz CT molecular complexity index is 811. The average Bonchev–Trinajstić information content (AvgIpc) is 2.91. The van der Waals surface area contributed by atoms with Crippen molar-refractivity contribution in [1.29, 1.82) is 0 Å². The van der Waals surface area contributed by atoms with Gasteiger partial charge in [0.2, 0.25) is 0 Å². The minimum Gasteiger partial charge on any atom is -0.492 e. The molecule has 15 nitrogen and oxygen atoms in total. The lowest BCUT2D eigenvalue weighted by Gasteiger charge is -2.50. The summed E-state index contributed by atoms with van der Waals surface area (Å²) in [6.45, 7) is 2.24. The van der Waals surface area contributed by atoms with E-state index >= 15 is 0 Å². The molecule has 1 saturated heterocycles. The van der Waals surface area contributed by atoms with E-state index in [1.54, 1.807) is 14.0 Å². The highest BCUT2D eigenvalue weighted by molar-refractivity contribution is 5.10. The zero-order valence-electron chi connectivity index (χ0n) is 23.4. The lowest BCUT2D eigenvalue weighted by molar-refractivity contribution is -0.298. The van der Waals surface area contributed by atoms with E-state index in [-0.39, 0.29) is 26.3 Å². The van der Waals surface area contributed by atoms with E-state index in [1.807, 2.05) is 6.08 Å². The van der Waals surface area contributed by atoms with Gasteiger partial charge in [-0.1, -0.05) is 0 Å². The van der Waals surface area contributed by atoms with Crippen LogP contribution >= 0.6 is 0 Å². The molecule has 3 aliphatic rings. The molecule has 13 atom stereocenters. The second kappa shape index (κ2) is 14.9. The Labute approximate surface area is 235 Å². The number of aliphatic hydroxyl groups excluding tert-OH is 4. The molecule has 0 aromatic heterocycles. The van der Waals surface area contributed by atoms with Crippen molar-refractivity contribution >= 4 is 0 Å². The van der Waals surface area contributed by atoms with Gasteiger partial charge in [-0.25, -0.2) is 0 Å². The van der Waals surface area contributed by atoms with E-state index in [9.17, 15) is 20.4 Å². The Morgan fingerprint density at radius 1 is 1.20 bits per heavy atom. The van der Waals surface area contributed by atoms with E-state index in [0.29, 0.717) is 31.7 Å². The van der Waals surface area contributed by atoms with Gasteiger partial charge in [0.15, 0.2) is 6.29 Å². The molecule has 0 aromatic carbocycles. The first-order chi connectivity index (χ1) is 18.9. The van der Waals surface area contributed by atoms with Crippen LogP contribution in [-0.4, -0.2) is 145 Å². The van der Waals surface area contributed by atoms with Crippen molar-refractivity contribution in [3.63, 3.8) is 0 Å². The third kappa shape index (κ3) is 8.08. The smallest absolute Gasteiger partial charge is 0.185 e. The van der Waals surface area contributed by atoms with Crippen molar-refractivity contribution in [2.24, 2.45) is 28.9 Å². The second-order valence-corrected chi connectivity index (χ2v) is 11.5. The van der Waals surface area contributed by atoms with Crippen molar-refractivity contribution in [3.8, 4) is 0 Å². The third-order valence-electron chi connectivity index (χ3n) is 8.11. The first-order valence-electron chi connectivity index (χ1n) is 14.0. The van der Waals surface area contributed by atoms with E-state index in [1.165, 1.54) is 0 Å². The molecule has 2 aliphatic heterocycles. The number of nitrogens with two attached hydrogens (primary N) is 4. The Morgan fingerprint density at radius 3 is 2.58 bits per heavy atom. The van der Waals surface area contributed by atoms with Crippen LogP contribution in [0.25, 0.3) is 0 Å². The van der Waals surface area contributed by atoms with Gasteiger partial charge in [0.05, 0.1) is 38.0 Å². The molecule has 2 fully saturated rings. The predicted octanol–water partition coefficient (Wildman–Crippen LogP) is -5.68. The fraction of sp³-hybridized carbons (Fsp3) is 0.920. The maximum absolute atomic E-state index is 11.7. The van der Waals surface area contributed by atoms with Crippen LogP contribution in [-0.2, 0) is 14.2 Å². The number of likely N-dealkylation sites (N-methyl/N-ethyl adjacent to an activating group) is 1. The lowest BCUT2D eigenvalue weighted by atomic mass is 9.72. The summed E-state index contributed by atoms with van der Waals surface area (Å²) in [6.07, 6.45) is -3.25. The van der Waals surface area contributed by atoms with Gasteiger partial charge in [-0.15, -0.1) is 0 Å². The van der Waals surface area contributed by atoms with Gasteiger partial charge in [-0.05, 0) is 32.9 Å². The molecule has 15 heteroatoms.